The first-order valence-electron chi connectivity index (χ1n) is 9.27. The van der Waals surface area contributed by atoms with Crippen molar-refractivity contribution in [3.05, 3.63) is 52.7 Å². The van der Waals surface area contributed by atoms with Crippen LogP contribution < -0.4 is 19.5 Å². The Morgan fingerprint density at radius 1 is 1.00 bits per heavy atom. The van der Waals surface area contributed by atoms with Gasteiger partial charge in [-0.2, -0.15) is 0 Å². The summed E-state index contributed by atoms with van der Waals surface area (Å²) in [5.41, 5.74) is 6.46. The predicted octanol–water partition coefficient (Wildman–Crippen LogP) is 3.67. The molecule has 5 heteroatoms. The van der Waals surface area contributed by atoms with E-state index in [2.05, 4.69) is 41.1 Å². The van der Waals surface area contributed by atoms with Crippen molar-refractivity contribution in [2.24, 2.45) is 0 Å². The Balaban J connectivity index is 1.87. The number of benzene rings is 2. The number of nitrogens with one attached hydrogen (secondary N) is 1. The number of aromatic nitrogens is 1. The van der Waals surface area contributed by atoms with E-state index in [0.29, 0.717) is 11.5 Å². The smallest absolute Gasteiger partial charge is 0.203 e. The van der Waals surface area contributed by atoms with Crippen LogP contribution in [-0.2, 0) is 19.5 Å². The van der Waals surface area contributed by atoms with Gasteiger partial charge in [-0.3, -0.25) is 0 Å². The zero-order chi connectivity index (χ0) is 19.0. The molecule has 5 nitrogen and oxygen atoms in total. The van der Waals surface area contributed by atoms with E-state index in [4.69, 9.17) is 14.2 Å². The lowest BCUT2D eigenvalue weighted by Crippen LogP contribution is -2.25. The topological polar surface area (TPSA) is 44.7 Å². The average molecular weight is 366 g/mol. The van der Waals surface area contributed by atoms with Crippen LogP contribution in [0.15, 0.2) is 30.3 Å². The van der Waals surface area contributed by atoms with Crippen LogP contribution >= 0.6 is 0 Å². The molecule has 0 fully saturated rings. The van der Waals surface area contributed by atoms with Crippen LogP contribution in [0.2, 0.25) is 0 Å². The Morgan fingerprint density at radius 2 is 1.81 bits per heavy atom. The fourth-order valence-electron chi connectivity index (χ4n) is 4.13. The maximum absolute atomic E-state index is 5.70. The van der Waals surface area contributed by atoms with Crippen LogP contribution in [0.25, 0.3) is 10.9 Å². The van der Waals surface area contributed by atoms with Crippen LogP contribution in [-0.4, -0.2) is 32.4 Å². The maximum atomic E-state index is 5.70. The minimum absolute atomic E-state index is 0.636. The summed E-state index contributed by atoms with van der Waals surface area (Å²) in [6, 6.07) is 10.7. The molecule has 0 aliphatic carbocycles. The van der Waals surface area contributed by atoms with Crippen LogP contribution in [0.1, 0.15) is 22.4 Å². The summed E-state index contributed by atoms with van der Waals surface area (Å²) < 4.78 is 19.1. The molecule has 0 spiro atoms. The second-order valence-electron chi connectivity index (χ2n) is 6.95. The molecule has 1 aliphatic heterocycles. The zero-order valence-corrected chi connectivity index (χ0v) is 16.4. The Bertz CT molecular complexity index is 991. The second kappa shape index (κ2) is 7.16. The molecule has 0 atom stereocenters. The van der Waals surface area contributed by atoms with E-state index in [9.17, 15) is 0 Å². The van der Waals surface area contributed by atoms with Gasteiger partial charge < -0.3 is 24.1 Å². The molecule has 0 saturated carbocycles. The first kappa shape index (κ1) is 17.7. The number of hydrogen-bond donors (Lipinski definition) is 1. The standard InChI is InChI=1S/C22H26N2O3/c1-14-5-7-18-17(11-14)16-9-10-23-12-19(16)24(18)13-15-6-8-20(25-2)22(27-4)21(15)26-3/h5-8,11,23H,9-10,12-13H2,1-4H3. The van der Waals surface area contributed by atoms with Gasteiger partial charge in [0.2, 0.25) is 5.75 Å². The van der Waals surface area contributed by atoms with Gasteiger partial charge in [0.25, 0.3) is 0 Å². The molecule has 0 saturated heterocycles. The Labute approximate surface area is 159 Å². The number of fused-ring (bicyclic) bond motifs is 3. The van der Waals surface area contributed by atoms with E-state index in [0.717, 1.165) is 37.4 Å². The number of rotatable bonds is 5. The van der Waals surface area contributed by atoms with Gasteiger partial charge in [-0.05, 0) is 49.7 Å². The van der Waals surface area contributed by atoms with Crippen molar-refractivity contribution >= 4 is 10.9 Å². The van der Waals surface area contributed by atoms with Gasteiger partial charge in [-0.15, -0.1) is 0 Å². The summed E-state index contributed by atoms with van der Waals surface area (Å²) in [4.78, 5) is 0. The molecule has 1 N–H and O–H groups in total. The summed E-state index contributed by atoms with van der Waals surface area (Å²) in [6.07, 6.45) is 1.06. The van der Waals surface area contributed by atoms with Gasteiger partial charge in [0.15, 0.2) is 11.5 Å². The largest absolute Gasteiger partial charge is 0.493 e. The van der Waals surface area contributed by atoms with Gasteiger partial charge in [0, 0.05) is 28.7 Å². The van der Waals surface area contributed by atoms with E-state index in [1.165, 1.54) is 27.7 Å². The number of ether oxygens (including phenoxy) is 3. The van der Waals surface area contributed by atoms with Crippen molar-refractivity contribution in [3.8, 4) is 17.2 Å². The van der Waals surface area contributed by atoms with Gasteiger partial charge >= 0.3 is 0 Å². The third kappa shape index (κ3) is 2.92. The molecule has 0 unspecified atom stereocenters. The third-order valence-electron chi connectivity index (χ3n) is 5.40. The molecule has 2 heterocycles. The minimum atomic E-state index is 0.636. The third-order valence-corrected chi connectivity index (χ3v) is 5.40. The Kier molecular flexibility index (Phi) is 4.70. The lowest BCUT2D eigenvalue weighted by atomic mass is 10.0. The molecule has 4 rings (SSSR count). The summed E-state index contributed by atoms with van der Waals surface area (Å²) in [6.45, 7) is 4.79. The summed E-state index contributed by atoms with van der Waals surface area (Å²) in [5, 5.41) is 4.88. The molecule has 2 aromatic carbocycles. The molecular formula is C22H26N2O3. The van der Waals surface area contributed by atoms with E-state index in [1.807, 2.05) is 6.07 Å². The van der Waals surface area contributed by atoms with Crippen LogP contribution in [0.4, 0.5) is 0 Å². The van der Waals surface area contributed by atoms with E-state index in [1.54, 1.807) is 21.3 Å². The first-order valence-corrected chi connectivity index (χ1v) is 9.27. The van der Waals surface area contributed by atoms with Crippen molar-refractivity contribution in [2.45, 2.75) is 26.4 Å². The highest BCUT2D eigenvalue weighted by Crippen LogP contribution is 2.41. The fraction of sp³-hybridized carbons (Fsp3) is 0.364. The van der Waals surface area contributed by atoms with Crippen LogP contribution in [0, 0.1) is 6.92 Å². The van der Waals surface area contributed by atoms with Crippen LogP contribution in [0.3, 0.4) is 0 Å². The number of methoxy groups -OCH3 is 3. The number of hydrogen-bond acceptors (Lipinski definition) is 4. The Morgan fingerprint density at radius 3 is 2.56 bits per heavy atom. The van der Waals surface area contributed by atoms with Crippen molar-refractivity contribution in [3.63, 3.8) is 0 Å². The van der Waals surface area contributed by atoms with Gasteiger partial charge in [0.1, 0.15) is 0 Å². The molecule has 0 bridgehead atoms. The van der Waals surface area contributed by atoms with Crippen molar-refractivity contribution in [2.75, 3.05) is 27.9 Å². The normalized spacial score (nSPS) is 13.5. The first-order chi connectivity index (χ1) is 13.2. The highest BCUT2D eigenvalue weighted by Gasteiger charge is 2.22. The van der Waals surface area contributed by atoms with E-state index >= 15 is 0 Å². The quantitative estimate of drug-likeness (QED) is 0.748. The van der Waals surface area contributed by atoms with Crippen molar-refractivity contribution in [1.29, 1.82) is 0 Å². The molecule has 27 heavy (non-hydrogen) atoms. The minimum Gasteiger partial charge on any atom is -0.493 e. The van der Waals surface area contributed by atoms with Gasteiger partial charge in [0.05, 0.1) is 27.9 Å². The SMILES string of the molecule is COc1ccc(Cn2c3c(c4cc(C)ccc42)CCNC3)c(OC)c1OC. The monoisotopic (exact) mass is 366 g/mol. The summed E-state index contributed by atoms with van der Waals surface area (Å²) >= 11 is 0. The molecule has 0 amide bonds. The van der Waals surface area contributed by atoms with Gasteiger partial charge in [-0.25, -0.2) is 0 Å². The molecule has 1 aliphatic rings. The highest BCUT2D eigenvalue weighted by atomic mass is 16.5. The van der Waals surface area contributed by atoms with Crippen molar-refractivity contribution in [1.82, 2.24) is 9.88 Å². The predicted molar refractivity (Wildman–Crippen MR) is 107 cm³/mol. The van der Waals surface area contributed by atoms with E-state index < -0.39 is 0 Å². The van der Waals surface area contributed by atoms with Crippen LogP contribution in [0.5, 0.6) is 17.2 Å². The summed E-state index contributed by atoms with van der Waals surface area (Å²) in [7, 11) is 4.96. The average Bonchev–Trinajstić information content (AvgIpc) is 3.00. The highest BCUT2D eigenvalue weighted by molar-refractivity contribution is 5.86. The zero-order valence-electron chi connectivity index (χ0n) is 16.4. The van der Waals surface area contributed by atoms with Crippen molar-refractivity contribution < 1.29 is 14.2 Å². The summed E-state index contributed by atoms with van der Waals surface area (Å²) in [5.74, 6) is 2.04. The fourth-order valence-corrected chi connectivity index (χ4v) is 4.13. The molecule has 1 aromatic heterocycles. The Hall–Kier alpha value is -2.66. The number of aryl methyl sites for hydroxylation is 1. The van der Waals surface area contributed by atoms with E-state index in [-0.39, 0.29) is 0 Å². The molecule has 142 valence electrons. The number of nitrogens with zero attached hydrogens (tertiary/aromatic N) is 1. The molecule has 3 aromatic rings. The lowest BCUT2D eigenvalue weighted by Gasteiger charge is -2.20. The maximum Gasteiger partial charge on any atom is 0.203 e. The molecule has 0 radical (unpaired) electrons. The lowest BCUT2D eigenvalue weighted by molar-refractivity contribution is 0.321. The second-order valence-corrected chi connectivity index (χ2v) is 6.95. The molecular weight excluding hydrogens is 340 g/mol. The van der Waals surface area contributed by atoms with Gasteiger partial charge in [-0.1, -0.05) is 11.6 Å².